The molecule has 1 saturated heterocycles. The zero-order valence-electron chi connectivity index (χ0n) is 11.5. The van der Waals surface area contributed by atoms with E-state index in [1.54, 1.807) is 6.07 Å². The van der Waals surface area contributed by atoms with Crippen molar-refractivity contribution in [3.8, 4) is 11.8 Å². The molecular weight excluding hydrogens is 236 g/mol. The van der Waals surface area contributed by atoms with Crippen molar-refractivity contribution in [2.45, 2.75) is 32.1 Å². The Labute approximate surface area is 115 Å². The summed E-state index contributed by atoms with van der Waals surface area (Å²) in [4.78, 5) is 2.48. The van der Waals surface area contributed by atoms with Crippen LogP contribution in [0.5, 0.6) is 5.75 Å². The molecule has 19 heavy (non-hydrogen) atoms. The summed E-state index contributed by atoms with van der Waals surface area (Å²) in [5, 5.41) is 8.99. The summed E-state index contributed by atoms with van der Waals surface area (Å²) in [5.41, 5.74) is 0.621. The maximum Gasteiger partial charge on any atom is 0.137 e. The van der Waals surface area contributed by atoms with E-state index in [2.05, 4.69) is 11.0 Å². The number of nitriles is 1. The predicted octanol–water partition coefficient (Wildman–Crippen LogP) is 3.20. The van der Waals surface area contributed by atoms with Gasteiger partial charge in [0.25, 0.3) is 0 Å². The summed E-state index contributed by atoms with van der Waals surface area (Å²) in [7, 11) is 0. The van der Waals surface area contributed by atoms with Crippen molar-refractivity contribution in [3.05, 3.63) is 29.8 Å². The molecule has 102 valence electrons. The fraction of sp³-hybridized carbons (Fsp3) is 0.562. The van der Waals surface area contributed by atoms with E-state index in [0.29, 0.717) is 17.9 Å². The second kappa shape index (κ2) is 7.81. The van der Waals surface area contributed by atoms with Crippen molar-refractivity contribution in [3.63, 3.8) is 0 Å². The molecule has 0 saturated carbocycles. The van der Waals surface area contributed by atoms with Crippen LogP contribution in [0.4, 0.5) is 0 Å². The van der Waals surface area contributed by atoms with Gasteiger partial charge in [0.1, 0.15) is 18.4 Å². The summed E-state index contributed by atoms with van der Waals surface area (Å²) >= 11 is 0. The van der Waals surface area contributed by atoms with Gasteiger partial charge in [-0.15, -0.1) is 0 Å². The van der Waals surface area contributed by atoms with Crippen molar-refractivity contribution >= 4 is 0 Å². The number of nitrogens with zero attached hydrogens (tertiary/aromatic N) is 2. The molecule has 1 aliphatic rings. The molecule has 0 atom stereocenters. The zero-order valence-corrected chi connectivity index (χ0v) is 11.5. The van der Waals surface area contributed by atoms with Crippen LogP contribution in [0.3, 0.4) is 0 Å². The Bertz CT molecular complexity index is 417. The first-order valence-electron chi connectivity index (χ1n) is 7.24. The fourth-order valence-electron chi connectivity index (χ4n) is 2.51. The summed E-state index contributed by atoms with van der Waals surface area (Å²) in [6, 6.07) is 9.60. The molecule has 0 amide bonds. The van der Waals surface area contributed by atoms with Crippen LogP contribution in [0.1, 0.15) is 37.7 Å². The summed E-state index contributed by atoms with van der Waals surface area (Å²) in [6.45, 7) is 3.99. The SMILES string of the molecule is N#Cc1ccccc1OCCN1CCCCCCC1. The van der Waals surface area contributed by atoms with Gasteiger partial charge in [-0.3, -0.25) is 4.90 Å². The Kier molecular flexibility index (Phi) is 5.71. The third kappa shape index (κ3) is 4.57. The standard InChI is InChI=1S/C16H22N2O/c17-14-15-8-4-5-9-16(15)19-13-12-18-10-6-2-1-3-7-11-18/h4-5,8-9H,1-3,6-7,10-13H2. The molecule has 1 aromatic rings. The lowest BCUT2D eigenvalue weighted by molar-refractivity contribution is 0.195. The van der Waals surface area contributed by atoms with Gasteiger partial charge in [0.05, 0.1) is 5.56 Å². The number of ether oxygens (including phenoxy) is 1. The van der Waals surface area contributed by atoms with Crippen molar-refractivity contribution in [2.24, 2.45) is 0 Å². The van der Waals surface area contributed by atoms with Crippen molar-refractivity contribution in [2.75, 3.05) is 26.2 Å². The van der Waals surface area contributed by atoms with Gasteiger partial charge in [-0.2, -0.15) is 5.26 Å². The van der Waals surface area contributed by atoms with Gasteiger partial charge in [-0.05, 0) is 38.1 Å². The molecule has 3 nitrogen and oxygen atoms in total. The molecule has 1 aromatic carbocycles. The van der Waals surface area contributed by atoms with E-state index in [4.69, 9.17) is 10.00 Å². The highest BCUT2D eigenvalue weighted by Crippen LogP contribution is 2.16. The topological polar surface area (TPSA) is 36.3 Å². The lowest BCUT2D eigenvalue weighted by Crippen LogP contribution is -2.31. The van der Waals surface area contributed by atoms with E-state index in [1.165, 1.54) is 45.2 Å². The molecule has 0 aromatic heterocycles. The molecule has 0 N–H and O–H groups in total. The smallest absolute Gasteiger partial charge is 0.137 e. The summed E-state index contributed by atoms with van der Waals surface area (Å²) in [6.07, 6.45) is 6.70. The van der Waals surface area contributed by atoms with E-state index in [-0.39, 0.29) is 0 Å². The highest BCUT2D eigenvalue weighted by Gasteiger charge is 2.08. The monoisotopic (exact) mass is 258 g/mol. The van der Waals surface area contributed by atoms with Gasteiger partial charge in [0, 0.05) is 6.54 Å². The minimum absolute atomic E-state index is 0.621. The maximum atomic E-state index is 8.99. The van der Waals surface area contributed by atoms with Gasteiger partial charge >= 0.3 is 0 Å². The number of para-hydroxylation sites is 1. The number of benzene rings is 1. The van der Waals surface area contributed by atoms with Crippen LogP contribution >= 0.6 is 0 Å². The normalized spacial score (nSPS) is 17.2. The third-order valence-electron chi connectivity index (χ3n) is 3.62. The minimum Gasteiger partial charge on any atom is -0.491 e. The molecule has 1 heterocycles. The van der Waals surface area contributed by atoms with Crippen LogP contribution < -0.4 is 4.74 Å². The van der Waals surface area contributed by atoms with Crippen molar-refractivity contribution < 1.29 is 4.74 Å². The molecule has 2 rings (SSSR count). The van der Waals surface area contributed by atoms with Gasteiger partial charge < -0.3 is 4.74 Å². The quantitative estimate of drug-likeness (QED) is 0.832. The van der Waals surface area contributed by atoms with Crippen LogP contribution in [0.15, 0.2) is 24.3 Å². The van der Waals surface area contributed by atoms with Crippen LogP contribution in [-0.2, 0) is 0 Å². The van der Waals surface area contributed by atoms with E-state index < -0.39 is 0 Å². The zero-order chi connectivity index (χ0) is 13.3. The largest absolute Gasteiger partial charge is 0.491 e. The van der Waals surface area contributed by atoms with Crippen LogP contribution in [0, 0.1) is 11.3 Å². The molecule has 1 aliphatic heterocycles. The number of likely N-dealkylation sites (tertiary alicyclic amines) is 1. The molecular formula is C16H22N2O. The van der Waals surface area contributed by atoms with Gasteiger partial charge in [0.2, 0.25) is 0 Å². The molecule has 0 aliphatic carbocycles. The molecule has 0 bridgehead atoms. The van der Waals surface area contributed by atoms with E-state index in [1.807, 2.05) is 18.2 Å². The Balaban J connectivity index is 1.77. The second-order valence-electron chi connectivity index (χ2n) is 5.07. The molecule has 1 fully saturated rings. The Morgan fingerprint density at radius 3 is 2.47 bits per heavy atom. The van der Waals surface area contributed by atoms with E-state index in [0.717, 1.165) is 6.54 Å². The van der Waals surface area contributed by atoms with Gasteiger partial charge in [0.15, 0.2) is 0 Å². The average Bonchev–Trinajstić information content (AvgIpc) is 2.41. The number of hydrogen-bond acceptors (Lipinski definition) is 3. The number of hydrogen-bond donors (Lipinski definition) is 0. The first-order chi connectivity index (χ1) is 9.40. The fourth-order valence-corrected chi connectivity index (χ4v) is 2.51. The van der Waals surface area contributed by atoms with Gasteiger partial charge in [-0.25, -0.2) is 0 Å². The average molecular weight is 258 g/mol. The number of rotatable bonds is 4. The van der Waals surface area contributed by atoms with Crippen LogP contribution in [0.2, 0.25) is 0 Å². The highest BCUT2D eigenvalue weighted by molar-refractivity contribution is 5.42. The second-order valence-corrected chi connectivity index (χ2v) is 5.07. The molecule has 0 radical (unpaired) electrons. The van der Waals surface area contributed by atoms with Crippen molar-refractivity contribution in [1.82, 2.24) is 4.90 Å². The summed E-state index contributed by atoms with van der Waals surface area (Å²) < 4.78 is 5.74. The predicted molar refractivity (Wildman–Crippen MR) is 76.2 cm³/mol. The minimum atomic E-state index is 0.621. The van der Waals surface area contributed by atoms with Crippen LogP contribution in [-0.4, -0.2) is 31.1 Å². The molecule has 3 heteroatoms. The highest BCUT2D eigenvalue weighted by atomic mass is 16.5. The van der Waals surface area contributed by atoms with Crippen LogP contribution in [0.25, 0.3) is 0 Å². The van der Waals surface area contributed by atoms with E-state index >= 15 is 0 Å². The molecule has 0 spiro atoms. The van der Waals surface area contributed by atoms with E-state index in [9.17, 15) is 0 Å². The summed E-state index contributed by atoms with van der Waals surface area (Å²) in [5.74, 6) is 0.706. The molecule has 0 unspecified atom stereocenters. The Morgan fingerprint density at radius 1 is 1.05 bits per heavy atom. The van der Waals surface area contributed by atoms with Crippen molar-refractivity contribution in [1.29, 1.82) is 5.26 Å². The maximum absolute atomic E-state index is 8.99. The first-order valence-corrected chi connectivity index (χ1v) is 7.24. The Hall–Kier alpha value is -1.53. The van der Waals surface area contributed by atoms with Gasteiger partial charge in [-0.1, -0.05) is 31.4 Å². The lowest BCUT2D eigenvalue weighted by atomic mass is 10.1. The lowest BCUT2D eigenvalue weighted by Gasteiger charge is -2.24. The third-order valence-corrected chi connectivity index (χ3v) is 3.62. The Morgan fingerprint density at radius 2 is 1.74 bits per heavy atom. The first kappa shape index (κ1) is 13.9.